The Morgan fingerprint density at radius 3 is 0.831 bits per heavy atom. The van der Waals surface area contributed by atoms with E-state index in [0.717, 1.165) is 64.0 Å². The Bertz CT molecular complexity index is 4350. The molecule has 8 nitrogen and oxygen atoms in total. The third kappa shape index (κ3) is 21.2. The normalized spacial score (nSPS) is 18.4. The largest absolute Gasteiger partial charge is 0.495 e. The minimum Gasteiger partial charge on any atom is -0.399 e. The molecule has 0 spiro atoms. The van der Waals surface area contributed by atoms with Gasteiger partial charge in [0.05, 0.1) is 50.2 Å². The lowest BCUT2D eigenvalue weighted by Gasteiger charge is -2.34. The molecule has 0 saturated carbocycles. The molecular formula is C104H142B4Br2O8. The van der Waals surface area contributed by atoms with Crippen molar-refractivity contribution >= 4 is 82.2 Å². The van der Waals surface area contributed by atoms with Crippen molar-refractivity contribution in [3.63, 3.8) is 0 Å². The molecule has 4 fully saturated rings. The average Bonchev–Trinajstić information content (AvgIpc) is 1.53. The van der Waals surface area contributed by atoms with Crippen LogP contribution in [0.15, 0.2) is 167 Å². The molecule has 14 heteroatoms. The van der Waals surface area contributed by atoms with Crippen molar-refractivity contribution in [2.75, 3.05) is 0 Å². The van der Waals surface area contributed by atoms with Gasteiger partial charge in [-0.15, -0.1) is 0 Å². The summed E-state index contributed by atoms with van der Waals surface area (Å²) >= 11 is 7.76. The highest BCUT2D eigenvalue weighted by atomic mass is 79.9. The first kappa shape index (κ1) is 93.4. The molecule has 4 saturated heterocycles. The van der Waals surface area contributed by atoms with Crippen LogP contribution in [0.5, 0.6) is 0 Å². The maximum absolute atomic E-state index is 6.56. The summed E-state index contributed by atoms with van der Waals surface area (Å²) in [5.41, 5.74) is 22.0. The summed E-state index contributed by atoms with van der Waals surface area (Å²) in [4.78, 5) is 0. The van der Waals surface area contributed by atoms with E-state index in [-0.39, 0.29) is 73.3 Å². The predicted octanol–water partition coefficient (Wildman–Crippen LogP) is 26.4. The Labute approximate surface area is 732 Å². The van der Waals surface area contributed by atoms with Crippen LogP contribution in [0.4, 0.5) is 0 Å². The number of rotatable bonds is 33. The van der Waals surface area contributed by atoms with Crippen molar-refractivity contribution in [1.29, 1.82) is 0 Å². The Kier molecular flexibility index (Phi) is 31.4. The summed E-state index contributed by atoms with van der Waals surface area (Å²) < 4.78 is 54.0. The molecule has 0 atom stereocenters. The Morgan fingerprint density at radius 1 is 0.263 bits per heavy atom. The maximum Gasteiger partial charge on any atom is 0.495 e. The number of hydrogen-bond acceptors (Lipinski definition) is 8. The third-order valence-electron chi connectivity index (χ3n) is 27.7. The average molecular weight is 1720 g/mol. The van der Waals surface area contributed by atoms with Gasteiger partial charge in [0.2, 0.25) is 0 Å². The summed E-state index contributed by atoms with van der Waals surface area (Å²) in [6.45, 7) is 47.4. The number of benzene rings is 8. The predicted molar refractivity (Wildman–Crippen MR) is 510 cm³/mol. The van der Waals surface area contributed by atoms with Gasteiger partial charge in [0.15, 0.2) is 0 Å². The van der Waals surface area contributed by atoms with Crippen LogP contribution in [-0.2, 0) is 74.8 Å². The minimum atomic E-state index is -0.511. The van der Waals surface area contributed by atoms with E-state index in [1.54, 1.807) is 0 Å². The summed E-state index contributed by atoms with van der Waals surface area (Å²) in [6.07, 6.45) is 30.4. The zero-order valence-corrected chi connectivity index (χ0v) is 79.7. The molecule has 8 aromatic carbocycles. The first-order valence-electron chi connectivity index (χ1n) is 45.7. The smallest absolute Gasteiger partial charge is 0.399 e. The Hall–Kier alpha value is -5.34. The van der Waals surface area contributed by atoms with Gasteiger partial charge in [-0.25, -0.2) is 0 Å². The van der Waals surface area contributed by atoms with Crippen molar-refractivity contribution in [1.82, 2.24) is 0 Å². The highest BCUT2D eigenvalue weighted by Crippen LogP contribution is 2.58. The van der Waals surface area contributed by atoms with E-state index in [4.69, 9.17) is 37.2 Å². The standard InChI is InChI=1S/C49H48Br2.C30H52B2O4.C25H42B2O4/c1-3-5-7-9-13-35-19-23-37(24-20-35)39-15-11-17-41(31-39)49(47-33-43(50)27-29-45(47)46-30-28-44(51)34-48(46)49)42-18-12-16-40(32-42)38-25-21-36(22-26-38)14-10-8-6-4-2;1-11-13-15-17-19-23-21-26(32-35-29(7,8)30(9,10)36-32)24(20-18-16-14-12-2)22-25(23)31-33-27(3,4)28(5,6)34-31;1-11-12-13-14-15-19-17-20(26-28-22(3,4)23(5,6)29-26)18(2)16-21(19)27-30-24(7,8)25(9,10)31-27/h11-12,15-34H,3-10,13-14H2,1-2H3;21-22H,11-20H2,1-10H3;16-17H,11-15H2,1-10H3. The van der Waals surface area contributed by atoms with Gasteiger partial charge in [-0.1, -0.05) is 290 Å². The van der Waals surface area contributed by atoms with E-state index in [2.05, 4.69) is 342 Å². The van der Waals surface area contributed by atoms with E-state index in [1.807, 2.05) is 0 Å². The van der Waals surface area contributed by atoms with E-state index in [1.165, 1.54) is 216 Å². The molecule has 0 unspecified atom stereocenters. The molecule has 0 amide bonds. The van der Waals surface area contributed by atoms with Crippen molar-refractivity contribution in [2.24, 2.45) is 0 Å². The first-order chi connectivity index (χ1) is 56.0. The molecule has 0 N–H and O–H groups in total. The van der Waals surface area contributed by atoms with Crippen LogP contribution in [0.25, 0.3) is 33.4 Å². The number of halogens is 2. The molecule has 118 heavy (non-hydrogen) atoms. The van der Waals surface area contributed by atoms with E-state index in [9.17, 15) is 0 Å². The summed E-state index contributed by atoms with van der Waals surface area (Å²) in [7, 11) is -1.40. The van der Waals surface area contributed by atoms with E-state index in [0.29, 0.717) is 0 Å². The highest BCUT2D eigenvalue weighted by molar-refractivity contribution is 9.10. The summed E-state index contributed by atoms with van der Waals surface area (Å²) in [5, 5.41) is 0. The van der Waals surface area contributed by atoms with Crippen LogP contribution in [0.3, 0.4) is 0 Å². The fourth-order valence-corrected chi connectivity index (χ4v) is 18.1. The minimum absolute atomic E-state index is 0.349. The molecule has 8 aromatic rings. The van der Waals surface area contributed by atoms with Gasteiger partial charge in [0.1, 0.15) is 0 Å². The van der Waals surface area contributed by atoms with Crippen LogP contribution < -0.4 is 21.9 Å². The number of hydrogen-bond donors (Lipinski definition) is 0. The second-order valence-electron chi connectivity index (χ2n) is 38.7. The molecule has 4 aliphatic heterocycles. The Morgan fingerprint density at radius 2 is 0.534 bits per heavy atom. The zero-order chi connectivity index (χ0) is 85.2. The number of unbranched alkanes of at least 4 members (excludes halogenated alkanes) is 15. The molecule has 0 bridgehead atoms. The quantitative estimate of drug-likeness (QED) is 0.0298. The van der Waals surface area contributed by atoms with Crippen molar-refractivity contribution < 1.29 is 37.2 Å². The molecule has 1 aliphatic carbocycles. The molecule has 0 radical (unpaired) electrons. The maximum atomic E-state index is 6.56. The van der Waals surface area contributed by atoms with Gasteiger partial charge < -0.3 is 37.2 Å². The highest BCUT2D eigenvalue weighted by Gasteiger charge is 2.57. The van der Waals surface area contributed by atoms with Gasteiger partial charge in [0.25, 0.3) is 0 Å². The van der Waals surface area contributed by atoms with E-state index >= 15 is 0 Å². The summed E-state index contributed by atoms with van der Waals surface area (Å²) in [6, 6.07) is 60.1. The zero-order valence-electron chi connectivity index (χ0n) is 76.5. The summed E-state index contributed by atoms with van der Waals surface area (Å²) in [5.74, 6) is 0. The fourth-order valence-electron chi connectivity index (χ4n) is 17.4. The van der Waals surface area contributed by atoms with Crippen LogP contribution in [0.2, 0.25) is 0 Å². The molecule has 4 heterocycles. The lowest BCUT2D eigenvalue weighted by molar-refractivity contribution is 0.00578. The topological polar surface area (TPSA) is 73.8 Å². The third-order valence-corrected chi connectivity index (χ3v) is 28.7. The van der Waals surface area contributed by atoms with E-state index < -0.39 is 5.41 Å². The lowest BCUT2D eigenvalue weighted by atomic mass is 9.67. The first-order valence-corrected chi connectivity index (χ1v) is 47.3. The Balaban J connectivity index is 0.000000181. The van der Waals surface area contributed by atoms with Crippen LogP contribution in [0, 0.1) is 6.92 Å². The molecule has 13 rings (SSSR count). The second kappa shape index (κ2) is 39.7. The second-order valence-corrected chi connectivity index (χ2v) is 40.6. The van der Waals surface area contributed by atoms with Crippen molar-refractivity contribution in [2.45, 2.75) is 363 Å². The molecule has 0 aromatic heterocycles. The number of aryl methyl sites for hydroxylation is 6. The monoisotopic (exact) mass is 1720 g/mol. The molecular weight excluding hydrogens is 1580 g/mol. The lowest BCUT2D eigenvalue weighted by Crippen LogP contribution is -2.43. The number of fused-ring (bicyclic) bond motifs is 3. The van der Waals surface area contributed by atoms with Crippen LogP contribution in [-0.4, -0.2) is 73.3 Å². The SMILES string of the molecule is CCCCCCc1cc(B2OC(C)(C)C(C)(C)O2)c(C)cc1B1OC(C)(C)C(C)(C)O1.CCCCCCc1cc(B2OC(C)(C)C(C)(C)O2)c(CCCCCC)cc1B1OC(C)(C)C(C)(C)O1.CCCCCCc1ccc(-c2cccc(C3(c4cccc(-c5ccc(CCCCCC)cc5)c4)c4cc(Br)ccc4-c4ccc(Br)cc43)c2)cc1. The molecule has 5 aliphatic rings. The van der Waals surface area contributed by atoms with Crippen LogP contribution in [0.1, 0.15) is 329 Å². The van der Waals surface area contributed by atoms with Crippen LogP contribution >= 0.6 is 31.9 Å². The van der Waals surface area contributed by atoms with Gasteiger partial charge >= 0.3 is 28.5 Å². The van der Waals surface area contributed by atoms with Gasteiger partial charge in [-0.3, -0.25) is 0 Å². The molecule has 632 valence electrons. The van der Waals surface area contributed by atoms with Gasteiger partial charge in [0, 0.05) is 8.95 Å². The van der Waals surface area contributed by atoms with Crippen molar-refractivity contribution in [3.8, 4) is 33.4 Å². The fraction of sp³-hybridized carbons (Fsp3) is 0.538. The van der Waals surface area contributed by atoms with Gasteiger partial charge in [-0.2, -0.15) is 0 Å². The van der Waals surface area contributed by atoms with Crippen molar-refractivity contribution in [3.05, 3.63) is 222 Å². The van der Waals surface area contributed by atoms with Gasteiger partial charge in [-0.05, 0) is 324 Å².